The van der Waals surface area contributed by atoms with Gasteiger partial charge in [-0.25, -0.2) is 0 Å². The van der Waals surface area contributed by atoms with Crippen LogP contribution in [0.3, 0.4) is 0 Å². The highest BCUT2D eigenvalue weighted by Gasteiger charge is 2.18. The largest absolute Gasteiger partial charge is 0.323 e. The molecule has 74 valence electrons. The van der Waals surface area contributed by atoms with Gasteiger partial charge in [0.25, 0.3) is 0 Å². The predicted octanol–water partition coefficient (Wildman–Crippen LogP) is 3.49. The van der Waals surface area contributed by atoms with Crippen LogP contribution in [0.5, 0.6) is 0 Å². The first kappa shape index (κ1) is 10.7. The van der Waals surface area contributed by atoms with Crippen molar-refractivity contribution in [3.05, 3.63) is 21.9 Å². The summed E-state index contributed by atoms with van der Waals surface area (Å²) in [6, 6.07) is 2.35. The molecule has 0 bridgehead atoms. The molecule has 1 atom stereocenters. The lowest BCUT2D eigenvalue weighted by atomic mass is 9.87. The van der Waals surface area contributed by atoms with Gasteiger partial charge in [-0.3, -0.25) is 0 Å². The molecule has 1 nitrogen and oxygen atoms in total. The van der Waals surface area contributed by atoms with Crippen molar-refractivity contribution in [1.82, 2.24) is 0 Å². The molecule has 0 radical (unpaired) electrons. The van der Waals surface area contributed by atoms with E-state index in [9.17, 15) is 0 Å². The first-order valence-corrected chi connectivity index (χ1v) is 5.58. The molecule has 2 heteroatoms. The Labute approximate surface area is 85.0 Å². The Bertz CT molecular complexity index is 270. The molecule has 1 rings (SSSR count). The molecule has 13 heavy (non-hydrogen) atoms. The lowest BCUT2D eigenvalue weighted by molar-refractivity contribution is 0.344. The molecule has 1 heterocycles. The van der Waals surface area contributed by atoms with Gasteiger partial charge in [0, 0.05) is 10.9 Å². The van der Waals surface area contributed by atoms with Crippen LogP contribution in [0.4, 0.5) is 0 Å². The van der Waals surface area contributed by atoms with E-state index < -0.39 is 0 Å². The zero-order valence-electron chi connectivity index (χ0n) is 8.92. The van der Waals surface area contributed by atoms with E-state index in [0.717, 1.165) is 6.42 Å². The minimum atomic E-state index is 0.208. The van der Waals surface area contributed by atoms with Gasteiger partial charge in [0.15, 0.2) is 0 Å². The summed E-state index contributed by atoms with van der Waals surface area (Å²) < 4.78 is 0. The fraction of sp³-hybridized carbons (Fsp3) is 0.636. The quantitative estimate of drug-likeness (QED) is 0.771. The van der Waals surface area contributed by atoms with E-state index in [-0.39, 0.29) is 6.04 Å². The molecule has 1 aromatic heterocycles. The van der Waals surface area contributed by atoms with Crippen LogP contribution in [0.25, 0.3) is 0 Å². The Kier molecular flexibility index (Phi) is 3.14. The fourth-order valence-electron chi connectivity index (χ4n) is 1.52. The molecule has 0 aliphatic heterocycles. The van der Waals surface area contributed by atoms with E-state index in [2.05, 4.69) is 39.1 Å². The molecule has 0 spiro atoms. The highest BCUT2D eigenvalue weighted by atomic mass is 32.1. The Balaban J connectivity index is 2.69. The van der Waals surface area contributed by atoms with Crippen LogP contribution in [0, 0.1) is 12.3 Å². The molecular formula is C11H19NS. The van der Waals surface area contributed by atoms with E-state index in [1.807, 2.05) is 0 Å². The number of hydrogen-bond donors (Lipinski definition) is 1. The summed E-state index contributed by atoms with van der Waals surface area (Å²) in [6.07, 6.45) is 1.05. The summed E-state index contributed by atoms with van der Waals surface area (Å²) in [7, 11) is 0. The van der Waals surface area contributed by atoms with Gasteiger partial charge in [0.2, 0.25) is 0 Å². The summed E-state index contributed by atoms with van der Waals surface area (Å²) in [6.45, 7) is 8.83. The monoisotopic (exact) mass is 197 g/mol. The van der Waals surface area contributed by atoms with E-state index in [4.69, 9.17) is 5.73 Å². The summed E-state index contributed by atoms with van der Waals surface area (Å²) in [5.74, 6) is 0. The molecule has 1 unspecified atom stereocenters. The first-order valence-electron chi connectivity index (χ1n) is 4.70. The van der Waals surface area contributed by atoms with Crippen LogP contribution in [0.2, 0.25) is 0 Å². The van der Waals surface area contributed by atoms with Crippen LogP contribution in [-0.2, 0) is 0 Å². The van der Waals surface area contributed by atoms with Crippen molar-refractivity contribution < 1.29 is 0 Å². The Morgan fingerprint density at radius 1 is 1.46 bits per heavy atom. The molecular weight excluding hydrogens is 178 g/mol. The van der Waals surface area contributed by atoms with Gasteiger partial charge in [-0.1, -0.05) is 20.8 Å². The lowest BCUT2D eigenvalue weighted by Gasteiger charge is -2.22. The van der Waals surface area contributed by atoms with E-state index in [1.165, 1.54) is 10.4 Å². The summed E-state index contributed by atoms with van der Waals surface area (Å²) >= 11 is 1.77. The second-order valence-corrected chi connectivity index (χ2v) is 5.79. The van der Waals surface area contributed by atoms with Crippen molar-refractivity contribution in [3.8, 4) is 0 Å². The molecule has 2 N–H and O–H groups in total. The van der Waals surface area contributed by atoms with Crippen molar-refractivity contribution >= 4 is 11.3 Å². The Morgan fingerprint density at radius 3 is 2.46 bits per heavy atom. The number of rotatable bonds is 2. The summed E-state index contributed by atoms with van der Waals surface area (Å²) in [5.41, 5.74) is 7.79. The first-order chi connectivity index (χ1) is 5.90. The van der Waals surface area contributed by atoms with Gasteiger partial charge < -0.3 is 5.73 Å². The maximum Gasteiger partial charge on any atom is 0.0397 e. The third kappa shape index (κ3) is 3.12. The Morgan fingerprint density at radius 2 is 2.08 bits per heavy atom. The zero-order chi connectivity index (χ0) is 10.1. The predicted molar refractivity (Wildman–Crippen MR) is 60.1 cm³/mol. The molecule has 0 fully saturated rings. The average molecular weight is 197 g/mol. The molecule has 0 saturated heterocycles. The van der Waals surface area contributed by atoms with E-state index >= 15 is 0 Å². The van der Waals surface area contributed by atoms with Crippen LogP contribution >= 0.6 is 11.3 Å². The SMILES string of the molecule is Cc1ccsc1C(N)CC(C)(C)C. The minimum absolute atomic E-state index is 0.208. The molecule has 0 aliphatic carbocycles. The van der Waals surface area contributed by atoms with E-state index in [0.29, 0.717) is 5.41 Å². The van der Waals surface area contributed by atoms with Gasteiger partial charge in [-0.15, -0.1) is 11.3 Å². The number of nitrogens with two attached hydrogens (primary N) is 1. The van der Waals surface area contributed by atoms with Gasteiger partial charge in [-0.05, 0) is 35.8 Å². The normalized spacial score (nSPS) is 14.5. The highest BCUT2D eigenvalue weighted by molar-refractivity contribution is 7.10. The van der Waals surface area contributed by atoms with Crippen molar-refractivity contribution in [2.45, 2.75) is 40.2 Å². The lowest BCUT2D eigenvalue weighted by Crippen LogP contribution is -2.18. The van der Waals surface area contributed by atoms with Crippen molar-refractivity contribution in [2.24, 2.45) is 11.1 Å². The molecule has 0 aliphatic rings. The van der Waals surface area contributed by atoms with Crippen molar-refractivity contribution in [3.63, 3.8) is 0 Å². The second-order valence-electron chi connectivity index (χ2n) is 4.84. The summed E-state index contributed by atoms with van der Waals surface area (Å²) in [5, 5.41) is 2.12. The standard InChI is InChI=1S/C11H19NS/c1-8-5-6-13-10(8)9(12)7-11(2,3)4/h5-6,9H,7,12H2,1-4H3. The smallest absolute Gasteiger partial charge is 0.0397 e. The maximum absolute atomic E-state index is 6.14. The fourth-order valence-corrected chi connectivity index (χ4v) is 2.45. The Hall–Kier alpha value is -0.340. The second kappa shape index (κ2) is 3.81. The summed E-state index contributed by atoms with van der Waals surface area (Å²) in [4.78, 5) is 1.34. The van der Waals surface area contributed by atoms with Crippen molar-refractivity contribution in [1.29, 1.82) is 0 Å². The van der Waals surface area contributed by atoms with Gasteiger partial charge >= 0.3 is 0 Å². The maximum atomic E-state index is 6.14. The van der Waals surface area contributed by atoms with Crippen LogP contribution < -0.4 is 5.73 Å². The minimum Gasteiger partial charge on any atom is -0.323 e. The molecule has 0 aromatic carbocycles. The molecule has 0 saturated carbocycles. The third-order valence-electron chi connectivity index (χ3n) is 2.07. The van der Waals surface area contributed by atoms with Crippen LogP contribution in [0.1, 0.15) is 43.7 Å². The molecule has 1 aromatic rings. The van der Waals surface area contributed by atoms with Gasteiger partial charge in [-0.2, -0.15) is 0 Å². The van der Waals surface area contributed by atoms with Crippen LogP contribution in [-0.4, -0.2) is 0 Å². The molecule has 0 amide bonds. The topological polar surface area (TPSA) is 26.0 Å². The highest BCUT2D eigenvalue weighted by Crippen LogP contribution is 2.31. The number of aryl methyl sites for hydroxylation is 1. The van der Waals surface area contributed by atoms with Crippen molar-refractivity contribution in [2.75, 3.05) is 0 Å². The van der Waals surface area contributed by atoms with E-state index in [1.54, 1.807) is 11.3 Å². The van der Waals surface area contributed by atoms with Gasteiger partial charge in [0.1, 0.15) is 0 Å². The average Bonchev–Trinajstić information content (AvgIpc) is 2.30. The zero-order valence-corrected chi connectivity index (χ0v) is 9.74. The third-order valence-corrected chi connectivity index (χ3v) is 3.22. The van der Waals surface area contributed by atoms with Gasteiger partial charge in [0.05, 0.1) is 0 Å². The number of hydrogen-bond acceptors (Lipinski definition) is 2. The number of thiophene rings is 1. The van der Waals surface area contributed by atoms with Crippen LogP contribution in [0.15, 0.2) is 11.4 Å².